The van der Waals surface area contributed by atoms with Crippen LogP contribution < -0.4 is 10.5 Å². The number of phenols is 1. The number of aromatic hydroxyl groups is 1. The highest BCUT2D eigenvalue weighted by atomic mass is 32.2. The molecule has 5 nitrogen and oxygen atoms in total. The molecule has 7 heteroatoms. The Morgan fingerprint density at radius 1 is 1.53 bits per heavy atom. The van der Waals surface area contributed by atoms with Crippen LogP contribution in [0.25, 0.3) is 0 Å². The largest absolute Gasteiger partial charge is 0.508 e. The van der Waals surface area contributed by atoms with E-state index in [0.717, 1.165) is 6.07 Å². The molecule has 1 atom stereocenters. The lowest BCUT2D eigenvalue weighted by Crippen LogP contribution is -2.29. The second-order valence-electron chi connectivity index (χ2n) is 3.75. The summed E-state index contributed by atoms with van der Waals surface area (Å²) in [4.78, 5) is 0. The second kappa shape index (κ2) is 5.44. The molecule has 0 saturated carbocycles. The summed E-state index contributed by atoms with van der Waals surface area (Å²) in [5, 5.41) is 16.7. The van der Waals surface area contributed by atoms with Gasteiger partial charge in [0.15, 0.2) is 0 Å². The van der Waals surface area contributed by atoms with Crippen molar-refractivity contribution in [2.75, 3.05) is 12.3 Å². The summed E-state index contributed by atoms with van der Waals surface area (Å²) >= 11 is 0. The van der Waals surface area contributed by atoms with Crippen molar-refractivity contribution >= 4 is 10.0 Å². The van der Waals surface area contributed by atoms with Gasteiger partial charge in [0.25, 0.3) is 0 Å². The van der Waals surface area contributed by atoms with Gasteiger partial charge >= 0.3 is 0 Å². The lowest BCUT2D eigenvalue weighted by molar-refractivity contribution is 0.464. The predicted octanol–water partition coefficient (Wildman–Crippen LogP) is 0.470. The van der Waals surface area contributed by atoms with E-state index in [1.165, 1.54) is 12.1 Å². The maximum atomic E-state index is 13.4. The molecule has 0 aliphatic heterocycles. The van der Waals surface area contributed by atoms with E-state index in [1.54, 1.807) is 6.92 Å². The summed E-state index contributed by atoms with van der Waals surface area (Å²) in [7, 11) is -3.52. The third-order valence-corrected chi connectivity index (χ3v) is 3.06. The summed E-state index contributed by atoms with van der Waals surface area (Å²) in [6.45, 7) is 1.83. The minimum atomic E-state index is -3.52. The summed E-state index contributed by atoms with van der Waals surface area (Å²) in [6.07, 6.45) is 0. The standard InChI is InChI=1S/C10H15FN2O3S/c1-7(13-4-5-17(12,15)16)9-3-2-8(14)6-10(9)11/h2-3,6-7,13-14H,4-5H2,1H3,(H2,12,15,16). The second-order valence-corrected chi connectivity index (χ2v) is 5.48. The first-order chi connectivity index (χ1) is 7.79. The van der Waals surface area contributed by atoms with Crippen LogP contribution in [0.2, 0.25) is 0 Å². The molecule has 0 amide bonds. The van der Waals surface area contributed by atoms with Gasteiger partial charge in [0, 0.05) is 24.2 Å². The van der Waals surface area contributed by atoms with E-state index in [1.807, 2.05) is 0 Å². The number of hydrogen-bond donors (Lipinski definition) is 3. The molecule has 0 spiro atoms. The topological polar surface area (TPSA) is 92.4 Å². The average molecular weight is 262 g/mol. The van der Waals surface area contributed by atoms with Crippen LogP contribution in [0.4, 0.5) is 4.39 Å². The van der Waals surface area contributed by atoms with Crippen LogP contribution in [0.3, 0.4) is 0 Å². The molecule has 4 N–H and O–H groups in total. The summed E-state index contributed by atoms with van der Waals surface area (Å²) in [6, 6.07) is 3.46. The van der Waals surface area contributed by atoms with Crippen LogP contribution in [-0.2, 0) is 10.0 Å². The maximum Gasteiger partial charge on any atom is 0.210 e. The van der Waals surface area contributed by atoms with Crippen molar-refractivity contribution in [2.24, 2.45) is 5.14 Å². The van der Waals surface area contributed by atoms with E-state index < -0.39 is 15.8 Å². The molecule has 1 aromatic rings. The van der Waals surface area contributed by atoms with Gasteiger partial charge in [-0.25, -0.2) is 17.9 Å². The highest BCUT2D eigenvalue weighted by Crippen LogP contribution is 2.20. The number of phenolic OH excluding ortho intramolecular Hbond substituents is 1. The number of nitrogens with two attached hydrogens (primary N) is 1. The molecule has 17 heavy (non-hydrogen) atoms. The minimum absolute atomic E-state index is 0.139. The maximum absolute atomic E-state index is 13.4. The minimum Gasteiger partial charge on any atom is -0.508 e. The van der Waals surface area contributed by atoms with Crippen molar-refractivity contribution in [3.8, 4) is 5.75 Å². The lowest BCUT2D eigenvalue weighted by atomic mass is 10.1. The van der Waals surface area contributed by atoms with Crippen LogP contribution in [0.15, 0.2) is 18.2 Å². The van der Waals surface area contributed by atoms with Gasteiger partial charge in [-0.3, -0.25) is 0 Å². The van der Waals surface area contributed by atoms with Gasteiger partial charge in [-0.1, -0.05) is 6.07 Å². The zero-order chi connectivity index (χ0) is 13.1. The van der Waals surface area contributed by atoms with Crippen molar-refractivity contribution < 1.29 is 17.9 Å². The molecule has 1 rings (SSSR count). The zero-order valence-corrected chi connectivity index (χ0v) is 10.2. The predicted molar refractivity (Wildman–Crippen MR) is 62.5 cm³/mol. The number of hydrogen-bond acceptors (Lipinski definition) is 4. The number of nitrogens with one attached hydrogen (secondary N) is 1. The third-order valence-electron chi connectivity index (χ3n) is 2.29. The van der Waals surface area contributed by atoms with Gasteiger partial charge in [0.05, 0.1) is 5.75 Å². The number of primary sulfonamides is 1. The molecular formula is C10H15FN2O3S. The number of sulfonamides is 1. The molecule has 0 aliphatic carbocycles. The molecule has 1 unspecified atom stereocenters. The zero-order valence-electron chi connectivity index (χ0n) is 9.35. The van der Waals surface area contributed by atoms with Crippen LogP contribution in [0.1, 0.15) is 18.5 Å². The van der Waals surface area contributed by atoms with Gasteiger partial charge in [-0.2, -0.15) is 0 Å². The molecule has 0 bridgehead atoms. The highest BCUT2D eigenvalue weighted by Gasteiger charge is 2.11. The Kier molecular flexibility index (Phi) is 4.44. The number of halogens is 1. The van der Waals surface area contributed by atoms with Crippen molar-refractivity contribution in [3.05, 3.63) is 29.6 Å². The SMILES string of the molecule is CC(NCCS(N)(=O)=O)c1ccc(O)cc1F. The molecule has 96 valence electrons. The van der Waals surface area contributed by atoms with E-state index in [4.69, 9.17) is 10.2 Å². The Morgan fingerprint density at radius 2 is 2.18 bits per heavy atom. The Balaban J connectivity index is 2.61. The molecule has 0 radical (unpaired) electrons. The van der Waals surface area contributed by atoms with E-state index in [-0.39, 0.29) is 24.1 Å². The number of rotatable bonds is 5. The third kappa shape index (κ3) is 4.68. The lowest BCUT2D eigenvalue weighted by Gasteiger charge is -2.14. The Hall–Kier alpha value is -1.18. The Labute approximate surface area is 99.5 Å². The first-order valence-electron chi connectivity index (χ1n) is 5.02. The summed E-state index contributed by atoms with van der Waals surface area (Å²) < 4.78 is 34.8. The van der Waals surface area contributed by atoms with Gasteiger partial charge in [-0.05, 0) is 13.0 Å². The van der Waals surface area contributed by atoms with Crippen molar-refractivity contribution in [1.82, 2.24) is 5.32 Å². The monoisotopic (exact) mass is 262 g/mol. The van der Waals surface area contributed by atoms with Gasteiger partial charge < -0.3 is 10.4 Å². The molecular weight excluding hydrogens is 247 g/mol. The highest BCUT2D eigenvalue weighted by molar-refractivity contribution is 7.89. The first kappa shape index (κ1) is 13.9. The average Bonchev–Trinajstić information content (AvgIpc) is 2.15. The molecule has 0 heterocycles. The van der Waals surface area contributed by atoms with E-state index in [0.29, 0.717) is 5.56 Å². The quantitative estimate of drug-likeness (QED) is 0.719. The van der Waals surface area contributed by atoms with Crippen molar-refractivity contribution in [1.29, 1.82) is 0 Å². The van der Waals surface area contributed by atoms with Gasteiger partial charge in [-0.15, -0.1) is 0 Å². The van der Waals surface area contributed by atoms with E-state index in [2.05, 4.69) is 5.32 Å². The Bertz CT molecular complexity index is 490. The first-order valence-corrected chi connectivity index (χ1v) is 6.73. The van der Waals surface area contributed by atoms with E-state index >= 15 is 0 Å². The van der Waals surface area contributed by atoms with Crippen LogP contribution in [0.5, 0.6) is 5.75 Å². The van der Waals surface area contributed by atoms with Gasteiger partial charge in [0.1, 0.15) is 11.6 Å². The number of benzene rings is 1. The fraction of sp³-hybridized carbons (Fsp3) is 0.400. The van der Waals surface area contributed by atoms with Crippen molar-refractivity contribution in [3.63, 3.8) is 0 Å². The van der Waals surface area contributed by atoms with Crippen molar-refractivity contribution in [2.45, 2.75) is 13.0 Å². The van der Waals surface area contributed by atoms with Crippen LogP contribution in [-0.4, -0.2) is 25.8 Å². The molecule has 0 saturated heterocycles. The fourth-order valence-electron chi connectivity index (χ4n) is 1.39. The Morgan fingerprint density at radius 3 is 2.71 bits per heavy atom. The molecule has 1 aromatic carbocycles. The van der Waals surface area contributed by atoms with Gasteiger partial charge in [0.2, 0.25) is 10.0 Å². The summed E-state index contributed by atoms with van der Waals surface area (Å²) in [5.74, 6) is -0.902. The summed E-state index contributed by atoms with van der Waals surface area (Å²) in [5.41, 5.74) is 0.359. The molecule has 0 fully saturated rings. The van der Waals surface area contributed by atoms with E-state index in [9.17, 15) is 12.8 Å². The fourth-order valence-corrected chi connectivity index (χ4v) is 1.80. The van der Waals surface area contributed by atoms with Crippen LogP contribution in [0, 0.1) is 5.82 Å². The smallest absolute Gasteiger partial charge is 0.210 e. The molecule has 0 aliphatic rings. The normalized spacial score (nSPS) is 13.6. The van der Waals surface area contributed by atoms with Crippen LogP contribution >= 0.6 is 0 Å². The molecule has 0 aromatic heterocycles.